The van der Waals surface area contributed by atoms with Crippen molar-refractivity contribution in [1.82, 2.24) is 9.97 Å². The molecule has 1 heterocycles. The lowest BCUT2D eigenvalue weighted by Gasteiger charge is -2.10. The largest absolute Gasteiger partial charge is 0.380 e. The fraction of sp³-hybridized carbons (Fsp3) is 0.412. The minimum absolute atomic E-state index is 0.617. The normalized spacial score (nSPS) is 14.6. The van der Waals surface area contributed by atoms with Gasteiger partial charge in [-0.15, -0.1) is 0 Å². The van der Waals surface area contributed by atoms with Gasteiger partial charge in [0.2, 0.25) is 0 Å². The van der Waals surface area contributed by atoms with E-state index in [-0.39, 0.29) is 0 Å². The maximum absolute atomic E-state index is 6.38. The van der Waals surface area contributed by atoms with Gasteiger partial charge in [-0.1, -0.05) is 42.3 Å². The predicted octanol–water partition coefficient (Wildman–Crippen LogP) is 4.21. The van der Waals surface area contributed by atoms with Gasteiger partial charge >= 0.3 is 0 Å². The van der Waals surface area contributed by atoms with Gasteiger partial charge in [-0.05, 0) is 31.2 Å². The zero-order valence-corrected chi connectivity index (χ0v) is 13.0. The lowest BCUT2D eigenvalue weighted by molar-refractivity contribution is 0.185. The average Bonchev–Trinajstić information content (AvgIpc) is 2.74. The minimum Gasteiger partial charge on any atom is -0.380 e. The number of hydrogen-bond donors (Lipinski definition) is 0. The molecule has 0 saturated heterocycles. The molecular formula is C17H19ClN2O. The predicted molar refractivity (Wildman–Crippen MR) is 84.5 cm³/mol. The van der Waals surface area contributed by atoms with Crippen LogP contribution in [0.15, 0.2) is 24.3 Å². The third-order valence-electron chi connectivity index (χ3n) is 3.91. The molecule has 0 N–H and O–H groups in total. The molecule has 110 valence electrons. The second-order valence-corrected chi connectivity index (χ2v) is 5.81. The Balaban J connectivity index is 1.95. The molecule has 2 aromatic rings. The molecule has 0 radical (unpaired) electrons. The van der Waals surface area contributed by atoms with Crippen molar-refractivity contribution in [3.63, 3.8) is 0 Å². The van der Waals surface area contributed by atoms with Gasteiger partial charge in [0.15, 0.2) is 5.82 Å². The fourth-order valence-corrected chi connectivity index (χ4v) is 3.05. The molecule has 0 bridgehead atoms. The number of methoxy groups -OCH3 is 1. The van der Waals surface area contributed by atoms with Crippen molar-refractivity contribution in [2.75, 3.05) is 7.11 Å². The topological polar surface area (TPSA) is 35.0 Å². The SMILES string of the molecule is COCc1ccc(-c2nc(Cl)c3c(n2)CCCCC3)cc1. The van der Waals surface area contributed by atoms with Crippen LogP contribution in [0.3, 0.4) is 0 Å². The smallest absolute Gasteiger partial charge is 0.161 e. The summed E-state index contributed by atoms with van der Waals surface area (Å²) in [5.74, 6) is 0.726. The molecule has 3 rings (SSSR count). The van der Waals surface area contributed by atoms with E-state index in [1.807, 2.05) is 24.3 Å². The van der Waals surface area contributed by atoms with Crippen LogP contribution in [0.5, 0.6) is 0 Å². The maximum atomic E-state index is 6.38. The molecule has 0 amide bonds. The van der Waals surface area contributed by atoms with Crippen molar-refractivity contribution in [1.29, 1.82) is 0 Å². The molecule has 0 unspecified atom stereocenters. The van der Waals surface area contributed by atoms with E-state index in [0.29, 0.717) is 11.8 Å². The Morgan fingerprint density at radius 3 is 2.57 bits per heavy atom. The number of aryl methyl sites for hydroxylation is 1. The average molecular weight is 303 g/mol. The van der Waals surface area contributed by atoms with E-state index < -0.39 is 0 Å². The first kappa shape index (κ1) is 14.5. The highest BCUT2D eigenvalue weighted by Crippen LogP contribution is 2.27. The van der Waals surface area contributed by atoms with Crippen molar-refractivity contribution < 1.29 is 4.74 Å². The standard InChI is InChI=1S/C17H19ClN2O/c1-21-11-12-7-9-13(10-8-12)17-19-15-6-4-2-3-5-14(15)16(18)20-17/h7-10H,2-6,11H2,1H3. The van der Waals surface area contributed by atoms with Crippen molar-refractivity contribution in [3.05, 3.63) is 46.2 Å². The van der Waals surface area contributed by atoms with Crippen LogP contribution in [-0.2, 0) is 24.2 Å². The Morgan fingerprint density at radius 1 is 1.05 bits per heavy atom. The Morgan fingerprint density at radius 2 is 1.81 bits per heavy atom. The quantitative estimate of drug-likeness (QED) is 0.629. The van der Waals surface area contributed by atoms with E-state index in [0.717, 1.165) is 41.1 Å². The molecule has 0 spiro atoms. The summed E-state index contributed by atoms with van der Waals surface area (Å²) in [7, 11) is 1.70. The van der Waals surface area contributed by atoms with Crippen LogP contribution < -0.4 is 0 Å². The van der Waals surface area contributed by atoms with Crippen LogP contribution in [0.25, 0.3) is 11.4 Å². The molecule has 1 aliphatic rings. The summed E-state index contributed by atoms with van der Waals surface area (Å²) in [5.41, 5.74) is 4.42. The van der Waals surface area contributed by atoms with Gasteiger partial charge in [0.1, 0.15) is 5.15 Å². The van der Waals surface area contributed by atoms with Crippen LogP contribution in [-0.4, -0.2) is 17.1 Å². The first-order valence-corrected chi connectivity index (χ1v) is 7.79. The number of rotatable bonds is 3. The van der Waals surface area contributed by atoms with Gasteiger partial charge in [0.05, 0.1) is 6.61 Å². The van der Waals surface area contributed by atoms with Crippen LogP contribution in [0, 0.1) is 0 Å². The number of halogens is 1. The highest BCUT2D eigenvalue weighted by atomic mass is 35.5. The molecule has 3 nitrogen and oxygen atoms in total. The zero-order valence-electron chi connectivity index (χ0n) is 12.2. The van der Waals surface area contributed by atoms with E-state index in [4.69, 9.17) is 21.3 Å². The second-order valence-electron chi connectivity index (χ2n) is 5.45. The molecule has 1 aromatic carbocycles. The van der Waals surface area contributed by atoms with Gasteiger partial charge in [-0.25, -0.2) is 9.97 Å². The molecule has 0 atom stereocenters. The van der Waals surface area contributed by atoms with Crippen molar-refractivity contribution in [3.8, 4) is 11.4 Å². The first-order chi connectivity index (χ1) is 10.3. The van der Waals surface area contributed by atoms with Crippen LogP contribution in [0.4, 0.5) is 0 Å². The second kappa shape index (κ2) is 6.54. The van der Waals surface area contributed by atoms with E-state index in [1.54, 1.807) is 7.11 Å². The molecule has 0 fully saturated rings. The number of fused-ring (bicyclic) bond motifs is 1. The van der Waals surface area contributed by atoms with Gasteiger partial charge in [-0.2, -0.15) is 0 Å². The zero-order chi connectivity index (χ0) is 14.7. The summed E-state index contributed by atoms with van der Waals surface area (Å²) in [4.78, 5) is 9.25. The number of benzene rings is 1. The van der Waals surface area contributed by atoms with Crippen molar-refractivity contribution in [2.45, 2.75) is 38.7 Å². The summed E-state index contributed by atoms with van der Waals surface area (Å²) < 4.78 is 5.13. The van der Waals surface area contributed by atoms with Gasteiger partial charge in [0, 0.05) is 23.9 Å². The lowest BCUT2D eigenvalue weighted by atomic mass is 10.1. The molecular weight excluding hydrogens is 284 g/mol. The molecule has 0 saturated carbocycles. The summed E-state index contributed by atoms with van der Waals surface area (Å²) in [6.45, 7) is 0.617. The van der Waals surface area contributed by atoms with E-state index in [9.17, 15) is 0 Å². The number of aromatic nitrogens is 2. The monoisotopic (exact) mass is 302 g/mol. The van der Waals surface area contributed by atoms with E-state index in [2.05, 4.69) is 4.98 Å². The Kier molecular flexibility index (Phi) is 4.51. The van der Waals surface area contributed by atoms with Crippen LogP contribution in [0.1, 0.15) is 36.1 Å². The lowest BCUT2D eigenvalue weighted by Crippen LogP contribution is -2.02. The van der Waals surface area contributed by atoms with Gasteiger partial charge in [0.25, 0.3) is 0 Å². The summed E-state index contributed by atoms with van der Waals surface area (Å²) in [5, 5.41) is 0.623. The third kappa shape index (κ3) is 3.25. The number of nitrogens with zero attached hydrogens (tertiary/aromatic N) is 2. The number of hydrogen-bond acceptors (Lipinski definition) is 3. The Bertz CT molecular complexity index is 625. The Labute approximate surface area is 130 Å². The highest BCUT2D eigenvalue weighted by molar-refractivity contribution is 6.30. The molecule has 0 aliphatic heterocycles. The molecule has 1 aromatic heterocycles. The molecule has 4 heteroatoms. The highest BCUT2D eigenvalue weighted by Gasteiger charge is 2.16. The summed E-state index contributed by atoms with van der Waals surface area (Å²) >= 11 is 6.38. The van der Waals surface area contributed by atoms with Crippen LogP contribution in [0.2, 0.25) is 5.15 Å². The van der Waals surface area contributed by atoms with E-state index >= 15 is 0 Å². The Hall–Kier alpha value is -1.45. The first-order valence-electron chi connectivity index (χ1n) is 7.41. The van der Waals surface area contributed by atoms with Gasteiger partial charge in [-0.3, -0.25) is 0 Å². The van der Waals surface area contributed by atoms with E-state index in [1.165, 1.54) is 19.3 Å². The van der Waals surface area contributed by atoms with Gasteiger partial charge < -0.3 is 4.74 Å². The third-order valence-corrected chi connectivity index (χ3v) is 4.22. The summed E-state index contributed by atoms with van der Waals surface area (Å²) in [6.07, 6.45) is 5.62. The molecule has 1 aliphatic carbocycles. The fourth-order valence-electron chi connectivity index (χ4n) is 2.77. The minimum atomic E-state index is 0.617. The van der Waals surface area contributed by atoms with Crippen molar-refractivity contribution >= 4 is 11.6 Å². The van der Waals surface area contributed by atoms with Crippen molar-refractivity contribution in [2.24, 2.45) is 0 Å². The number of ether oxygens (including phenoxy) is 1. The maximum Gasteiger partial charge on any atom is 0.161 e. The van der Waals surface area contributed by atoms with Crippen LogP contribution >= 0.6 is 11.6 Å². The summed E-state index contributed by atoms with van der Waals surface area (Å²) in [6, 6.07) is 8.15. The molecule has 21 heavy (non-hydrogen) atoms.